The summed E-state index contributed by atoms with van der Waals surface area (Å²) in [6, 6.07) is 10.6. The second kappa shape index (κ2) is 8.19. The summed E-state index contributed by atoms with van der Waals surface area (Å²) in [5.41, 5.74) is 0.423. The summed E-state index contributed by atoms with van der Waals surface area (Å²) >= 11 is 0. The standard InChI is InChI=1S/C20H19N3O7S/c1-13-16(9-6-10-17(13)23(26)27)22(31(3,28)29)12-19(24)21-11-15(20(25)30-2)14-7-4-5-8-18(14)21/h4-11H,12H2,1-3H3. The molecule has 0 saturated carbocycles. The van der Waals surface area contributed by atoms with Gasteiger partial charge in [0, 0.05) is 17.6 Å². The van der Waals surface area contributed by atoms with Crippen LogP contribution in [0.15, 0.2) is 48.7 Å². The fraction of sp³-hybridized carbons (Fsp3) is 0.200. The van der Waals surface area contributed by atoms with Gasteiger partial charge < -0.3 is 4.74 Å². The largest absolute Gasteiger partial charge is 0.465 e. The van der Waals surface area contributed by atoms with Crippen LogP contribution in [0.3, 0.4) is 0 Å². The Kier molecular flexibility index (Phi) is 5.80. The second-order valence-electron chi connectivity index (χ2n) is 6.76. The van der Waals surface area contributed by atoms with Gasteiger partial charge >= 0.3 is 5.97 Å². The van der Waals surface area contributed by atoms with Crippen LogP contribution in [0.2, 0.25) is 0 Å². The number of ether oxygens (including phenoxy) is 1. The van der Waals surface area contributed by atoms with Gasteiger partial charge in [-0.05, 0) is 19.1 Å². The van der Waals surface area contributed by atoms with Gasteiger partial charge in [0.15, 0.2) is 0 Å². The number of sulfonamides is 1. The molecule has 31 heavy (non-hydrogen) atoms. The normalized spacial score (nSPS) is 11.3. The Labute approximate surface area is 177 Å². The average molecular weight is 445 g/mol. The van der Waals surface area contributed by atoms with Crippen LogP contribution < -0.4 is 4.31 Å². The van der Waals surface area contributed by atoms with Crippen molar-refractivity contribution in [3.05, 3.63) is 69.9 Å². The van der Waals surface area contributed by atoms with Gasteiger partial charge in [0.1, 0.15) is 6.54 Å². The fourth-order valence-corrected chi connectivity index (χ4v) is 4.22. The number of hydrogen-bond donors (Lipinski definition) is 0. The molecule has 0 aliphatic rings. The van der Waals surface area contributed by atoms with E-state index in [1.54, 1.807) is 24.3 Å². The first-order valence-electron chi connectivity index (χ1n) is 8.99. The van der Waals surface area contributed by atoms with E-state index in [4.69, 9.17) is 4.74 Å². The van der Waals surface area contributed by atoms with E-state index in [1.807, 2.05) is 0 Å². The predicted molar refractivity (Wildman–Crippen MR) is 114 cm³/mol. The first-order valence-corrected chi connectivity index (χ1v) is 10.8. The Morgan fingerprint density at radius 3 is 2.45 bits per heavy atom. The van der Waals surface area contributed by atoms with E-state index in [1.165, 1.54) is 43.0 Å². The first-order chi connectivity index (χ1) is 14.6. The van der Waals surface area contributed by atoms with Crippen molar-refractivity contribution in [1.82, 2.24) is 4.57 Å². The van der Waals surface area contributed by atoms with E-state index >= 15 is 0 Å². The highest BCUT2D eigenvalue weighted by molar-refractivity contribution is 7.92. The Morgan fingerprint density at radius 2 is 1.84 bits per heavy atom. The zero-order chi connectivity index (χ0) is 22.9. The lowest BCUT2D eigenvalue weighted by Crippen LogP contribution is -2.37. The van der Waals surface area contributed by atoms with Gasteiger partial charge in [0.25, 0.3) is 11.6 Å². The molecule has 0 spiro atoms. The van der Waals surface area contributed by atoms with Gasteiger partial charge in [-0.2, -0.15) is 0 Å². The molecule has 0 bridgehead atoms. The monoisotopic (exact) mass is 445 g/mol. The van der Waals surface area contributed by atoms with Crippen LogP contribution >= 0.6 is 0 Å². The van der Waals surface area contributed by atoms with Crippen molar-refractivity contribution in [3.8, 4) is 0 Å². The summed E-state index contributed by atoms with van der Waals surface area (Å²) in [5.74, 6) is -1.29. The van der Waals surface area contributed by atoms with Crippen LogP contribution in [0.25, 0.3) is 10.9 Å². The number of aromatic nitrogens is 1. The molecule has 0 N–H and O–H groups in total. The molecule has 0 unspecified atom stereocenters. The minimum absolute atomic E-state index is 0.0229. The molecule has 0 fully saturated rings. The topological polar surface area (TPSA) is 129 Å². The number of benzene rings is 2. The maximum Gasteiger partial charge on any atom is 0.340 e. The summed E-state index contributed by atoms with van der Waals surface area (Å²) < 4.78 is 31.7. The molecule has 0 amide bonds. The smallest absolute Gasteiger partial charge is 0.340 e. The number of nitrogens with zero attached hydrogens (tertiary/aromatic N) is 3. The van der Waals surface area contributed by atoms with Crippen LogP contribution in [0.4, 0.5) is 11.4 Å². The number of carbonyl (C=O) groups is 2. The third kappa shape index (κ3) is 4.12. The Bertz CT molecular complexity index is 1310. The van der Waals surface area contributed by atoms with Crippen molar-refractivity contribution in [3.63, 3.8) is 0 Å². The van der Waals surface area contributed by atoms with E-state index < -0.39 is 33.4 Å². The number of rotatable bonds is 6. The van der Waals surface area contributed by atoms with Gasteiger partial charge in [-0.1, -0.05) is 24.3 Å². The zero-order valence-corrected chi connectivity index (χ0v) is 17.8. The van der Waals surface area contributed by atoms with Crippen molar-refractivity contribution < 1.29 is 27.7 Å². The van der Waals surface area contributed by atoms with Gasteiger partial charge in [-0.3, -0.25) is 23.8 Å². The highest BCUT2D eigenvalue weighted by Gasteiger charge is 2.27. The van der Waals surface area contributed by atoms with Crippen molar-refractivity contribution in [2.75, 3.05) is 24.2 Å². The van der Waals surface area contributed by atoms with E-state index in [0.29, 0.717) is 10.9 Å². The number of anilines is 1. The van der Waals surface area contributed by atoms with Crippen molar-refractivity contribution in [2.24, 2.45) is 0 Å². The number of carbonyl (C=O) groups excluding carboxylic acids is 2. The molecule has 11 heteroatoms. The van der Waals surface area contributed by atoms with Crippen LogP contribution in [-0.4, -0.2) is 49.7 Å². The van der Waals surface area contributed by atoms with E-state index in [0.717, 1.165) is 10.6 Å². The summed E-state index contributed by atoms with van der Waals surface area (Å²) in [4.78, 5) is 35.8. The number of methoxy groups -OCH3 is 1. The number of hydrogen-bond acceptors (Lipinski definition) is 7. The minimum atomic E-state index is -3.97. The van der Waals surface area contributed by atoms with Crippen LogP contribution in [0.5, 0.6) is 0 Å². The number of nitro groups is 1. The zero-order valence-electron chi connectivity index (χ0n) is 16.9. The van der Waals surface area contributed by atoms with Crippen molar-refractivity contribution in [1.29, 1.82) is 0 Å². The molecule has 0 aliphatic carbocycles. The van der Waals surface area contributed by atoms with E-state index in [9.17, 15) is 28.1 Å². The van der Waals surface area contributed by atoms with Crippen LogP contribution in [0.1, 0.15) is 20.7 Å². The molecule has 1 heterocycles. The molecular formula is C20H19N3O7S. The molecular weight excluding hydrogens is 426 g/mol. The lowest BCUT2D eigenvalue weighted by atomic mass is 10.1. The Morgan fingerprint density at radius 1 is 1.16 bits per heavy atom. The fourth-order valence-electron chi connectivity index (χ4n) is 3.32. The third-order valence-electron chi connectivity index (χ3n) is 4.81. The molecule has 3 rings (SSSR count). The maximum atomic E-state index is 13.1. The Hall–Kier alpha value is -3.73. The third-order valence-corrected chi connectivity index (χ3v) is 5.93. The van der Waals surface area contributed by atoms with Crippen molar-refractivity contribution >= 4 is 44.2 Å². The van der Waals surface area contributed by atoms with Gasteiger partial charge in [-0.25, -0.2) is 13.2 Å². The van der Waals surface area contributed by atoms with Gasteiger partial charge in [-0.15, -0.1) is 0 Å². The van der Waals surface area contributed by atoms with Gasteiger partial charge in [0.05, 0.1) is 40.6 Å². The van der Waals surface area contributed by atoms with Crippen LogP contribution in [-0.2, 0) is 14.8 Å². The number of nitro benzene ring substituents is 1. The average Bonchev–Trinajstić information content (AvgIpc) is 3.10. The molecule has 1 aromatic heterocycles. The number of para-hydroxylation sites is 1. The lowest BCUT2D eigenvalue weighted by Gasteiger charge is -2.23. The summed E-state index contributed by atoms with van der Waals surface area (Å²) in [5, 5.41) is 11.7. The quantitative estimate of drug-likeness (QED) is 0.324. The maximum absolute atomic E-state index is 13.1. The minimum Gasteiger partial charge on any atom is -0.465 e. The summed E-state index contributed by atoms with van der Waals surface area (Å²) in [7, 11) is -2.75. The lowest BCUT2D eigenvalue weighted by molar-refractivity contribution is -0.385. The van der Waals surface area contributed by atoms with E-state index in [2.05, 4.69) is 0 Å². The molecule has 0 radical (unpaired) electrons. The number of fused-ring (bicyclic) bond motifs is 1. The highest BCUT2D eigenvalue weighted by atomic mass is 32.2. The molecule has 10 nitrogen and oxygen atoms in total. The molecule has 3 aromatic rings. The van der Waals surface area contributed by atoms with Crippen LogP contribution in [0, 0.1) is 17.0 Å². The summed E-state index contributed by atoms with van der Waals surface area (Å²) in [6.07, 6.45) is 2.20. The second-order valence-corrected chi connectivity index (χ2v) is 8.67. The molecule has 0 saturated heterocycles. The molecule has 0 aliphatic heterocycles. The summed E-state index contributed by atoms with van der Waals surface area (Å²) in [6.45, 7) is 0.788. The molecule has 162 valence electrons. The van der Waals surface area contributed by atoms with Gasteiger partial charge in [0.2, 0.25) is 10.0 Å². The Balaban J connectivity index is 2.10. The van der Waals surface area contributed by atoms with Crippen molar-refractivity contribution in [2.45, 2.75) is 6.92 Å². The SMILES string of the molecule is COC(=O)c1cn(C(=O)CN(c2cccc([N+](=O)[O-])c2C)S(C)(=O)=O)c2ccccc12. The highest BCUT2D eigenvalue weighted by Crippen LogP contribution is 2.30. The first kappa shape index (κ1) is 22.0. The number of esters is 1. The van der Waals surface area contributed by atoms with E-state index in [-0.39, 0.29) is 22.5 Å². The molecule has 2 aromatic carbocycles. The molecule has 0 atom stereocenters. The predicted octanol–water partition coefficient (Wildman–Crippen LogP) is 2.75.